The smallest absolute Gasteiger partial charge is 0.307 e. The summed E-state index contributed by atoms with van der Waals surface area (Å²) >= 11 is 5.91. The highest BCUT2D eigenvalue weighted by molar-refractivity contribution is 6.31. The van der Waals surface area contributed by atoms with E-state index in [4.69, 9.17) is 21.8 Å². The Morgan fingerprint density at radius 2 is 2.19 bits per heavy atom. The van der Waals surface area contributed by atoms with Crippen LogP contribution in [0.25, 0.3) is 0 Å². The quantitative estimate of drug-likeness (QED) is 0.788. The fourth-order valence-electron chi connectivity index (χ4n) is 1.15. The van der Waals surface area contributed by atoms with Crippen molar-refractivity contribution < 1.29 is 15.0 Å². The van der Waals surface area contributed by atoms with Gasteiger partial charge >= 0.3 is 5.97 Å². The van der Waals surface area contributed by atoms with Crippen LogP contribution < -0.4 is 0 Å². The van der Waals surface area contributed by atoms with Crippen LogP contribution in [0, 0.1) is 11.8 Å². The first kappa shape index (κ1) is 12.6. The molecule has 1 rings (SSSR count). The molecule has 0 atom stereocenters. The number of aliphatic carboxylic acids is 1. The first-order valence-electron chi connectivity index (χ1n) is 4.73. The highest BCUT2D eigenvalue weighted by atomic mass is 35.5. The minimum Gasteiger partial charge on any atom is -0.481 e. The van der Waals surface area contributed by atoms with Gasteiger partial charge in [-0.05, 0) is 17.7 Å². The third kappa shape index (κ3) is 3.93. The average molecular weight is 239 g/mol. The van der Waals surface area contributed by atoms with Crippen LogP contribution in [-0.2, 0) is 11.2 Å². The van der Waals surface area contributed by atoms with E-state index in [1.54, 1.807) is 18.2 Å². The number of carboxylic acid groups (broad SMARTS) is 1. The highest BCUT2D eigenvalue weighted by Crippen LogP contribution is 2.18. The van der Waals surface area contributed by atoms with Gasteiger partial charge < -0.3 is 10.2 Å². The molecule has 3 nitrogen and oxygen atoms in total. The van der Waals surface area contributed by atoms with Gasteiger partial charge in [-0.25, -0.2) is 0 Å². The predicted octanol–water partition coefficient (Wildman–Crippen LogP) is 1.70. The molecular weight excluding hydrogens is 228 g/mol. The number of hydrogen-bond acceptors (Lipinski definition) is 2. The number of carbonyl (C=O) groups is 1. The molecule has 0 amide bonds. The van der Waals surface area contributed by atoms with Crippen molar-refractivity contribution in [2.75, 3.05) is 6.61 Å². The summed E-state index contributed by atoms with van der Waals surface area (Å²) in [6, 6.07) is 5.00. The summed E-state index contributed by atoms with van der Waals surface area (Å²) in [6.07, 6.45) is 0.317. The normalized spacial score (nSPS) is 9.38. The van der Waals surface area contributed by atoms with Gasteiger partial charge in [0.15, 0.2) is 0 Å². The molecule has 4 heteroatoms. The molecule has 0 bridgehead atoms. The second-order valence-electron chi connectivity index (χ2n) is 3.15. The van der Waals surface area contributed by atoms with Crippen LogP contribution in [-0.4, -0.2) is 22.8 Å². The molecule has 1 aromatic rings. The SMILES string of the molecule is O=C(O)Cc1ccc(C#CCCO)cc1Cl. The highest BCUT2D eigenvalue weighted by Gasteiger charge is 2.05. The maximum atomic E-state index is 10.5. The lowest BCUT2D eigenvalue weighted by atomic mass is 10.1. The van der Waals surface area contributed by atoms with E-state index < -0.39 is 5.97 Å². The van der Waals surface area contributed by atoms with Crippen molar-refractivity contribution in [3.8, 4) is 11.8 Å². The molecule has 0 heterocycles. The second kappa shape index (κ2) is 6.16. The number of aliphatic hydroxyl groups is 1. The Morgan fingerprint density at radius 3 is 2.75 bits per heavy atom. The minimum atomic E-state index is -0.916. The topological polar surface area (TPSA) is 57.5 Å². The molecule has 0 aliphatic rings. The summed E-state index contributed by atoms with van der Waals surface area (Å²) in [7, 11) is 0. The largest absolute Gasteiger partial charge is 0.481 e. The Hall–Kier alpha value is -1.50. The standard InChI is InChI=1S/C12H11ClO3/c13-11-7-9(3-1-2-6-14)4-5-10(11)8-12(15)16/h4-5,7,14H,2,6,8H2,(H,15,16). The minimum absolute atomic E-state index is 0.0256. The number of hydrogen-bond donors (Lipinski definition) is 2. The average Bonchev–Trinajstić information content (AvgIpc) is 2.22. The molecule has 0 aliphatic carbocycles. The fraction of sp³-hybridized carbons (Fsp3) is 0.250. The molecule has 2 N–H and O–H groups in total. The molecule has 0 saturated carbocycles. The van der Waals surface area contributed by atoms with Crippen LogP contribution in [0.3, 0.4) is 0 Å². The molecule has 16 heavy (non-hydrogen) atoms. The lowest BCUT2D eigenvalue weighted by Gasteiger charge is -2.01. The van der Waals surface area contributed by atoms with Gasteiger partial charge in [0.2, 0.25) is 0 Å². The van der Waals surface area contributed by atoms with Gasteiger partial charge in [-0.2, -0.15) is 0 Å². The maximum absolute atomic E-state index is 10.5. The molecule has 0 spiro atoms. The van der Waals surface area contributed by atoms with Crippen LogP contribution in [0.1, 0.15) is 17.5 Å². The Bertz CT molecular complexity index is 443. The molecular formula is C12H11ClO3. The molecule has 0 aromatic heterocycles. The molecule has 0 saturated heterocycles. The Kier molecular flexibility index (Phi) is 4.84. The monoisotopic (exact) mass is 238 g/mol. The molecule has 1 aromatic carbocycles. The van der Waals surface area contributed by atoms with E-state index >= 15 is 0 Å². The van der Waals surface area contributed by atoms with Gasteiger partial charge in [-0.3, -0.25) is 4.79 Å². The van der Waals surface area contributed by atoms with Crippen molar-refractivity contribution in [2.45, 2.75) is 12.8 Å². The molecule has 0 unspecified atom stereocenters. The van der Waals surface area contributed by atoms with E-state index in [2.05, 4.69) is 11.8 Å². The fourth-order valence-corrected chi connectivity index (χ4v) is 1.40. The zero-order valence-corrected chi connectivity index (χ0v) is 9.29. The van der Waals surface area contributed by atoms with E-state index in [0.717, 1.165) is 0 Å². The van der Waals surface area contributed by atoms with Crippen LogP contribution in [0.4, 0.5) is 0 Å². The van der Waals surface area contributed by atoms with E-state index in [9.17, 15) is 4.79 Å². The van der Waals surface area contributed by atoms with Crippen LogP contribution in [0.2, 0.25) is 5.02 Å². The first-order valence-corrected chi connectivity index (χ1v) is 5.11. The van der Waals surface area contributed by atoms with Crippen LogP contribution in [0.5, 0.6) is 0 Å². The van der Waals surface area contributed by atoms with Gasteiger partial charge in [-0.1, -0.05) is 29.5 Å². The maximum Gasteiger partial charge on any atom is 0.307 e. The second-order valence-corrected chi connectivity index (χ2v) is 3.56. The van der Waals surface area contributed by atoms with E-state index in [0.29, 0.717) is 22.6 Å². The Morgan fingerprint density at radius 1 is 1.44 bits per heavy atom. The van der Waals surface area contributed by atoms with Gasteiger partial charge in [0.25, 0.3) is 0 Å². The summed E-state index contributed by atoms with van der Waals surface area (Å²) in [4.78, 5) is 10.5. The molecule has 0 radical (unpaired) electrons. The predicted molar refractivity (Wildman–Crippen MR) is 61.4 cm³/mol. The summed E-state index contributed by atoms with van der Waals surface area (Å²) in [6.45, 7) is 0.0256. The zero-order chi connectivity index (χ0) is 12.0. The number of carboxylic acids is 1. The number of benzene rings is 1. The van der Waals surface area contributed by atoms with Crippen molar-refractivity contribution in [2.24, 2.45) is 0 Å². The van der Waals surface area contributed by atoms with Gasteiger partial charge in [0.1, 0.15) is 0 Å². The third-order valence-electron chi connectivity index (χ3n) is 1.86. The molecule has 0 fully saturated rings. The summed E-state index contributed by atoms with van der Waals surface area (Å²) < 4.78 is 0. The van der Waals surface area contributed by atoms with Crippen molar-refractivity contribution in [1.82, 2.24) is 0 Å². The van der Waals surface area contributed by atoms with Gasteiger partial charge in [0.05, 0.1) is 13.0 Å². The lowest BCUT2D eigenvalue weighted by Crippen LogP contribution is -2.00. The molecule has 0 aliphatic heterocycles. The van der Waals surface area contributed by atoms with E-state index in [1.807, 2.05) is 0 Å². The van der Waals surface area contributed by atoms with Crippen molar-refractivity contribution >= 4 is 17.6 Å². The number of aliphatic hydroxyl groups excluding tert-OH is 1. The zero-order valence-electron chi connectivity index (χ0n) is 8.53. The van der Waals surface area contributed by atoms with E-state index in [1.165, 1.54) is 0 Å². The van der Waals surface area contributed by atoms with Gasteiger partial charge in [-0.15, -0.1) is 0 Å². The Balaban J connectivity index is 2.83. The van der Waals surface area contributed by atoms with E-state index in [-0.39, 0.29) is 13.0 Å². The summed E-state index contributed by atoms with van der Waals surface area (Å²) in [5, 5.41) is 17.6. The molecule has 84 valence electrons. The summed E-state index contributed by atoms with van der Waals surface area (Å²) in [5.41, 5.74) is 1.29. The van der Waals surface area contributed by atoms with Crippen molar-refractivity contribution in [3.05, 3.63) is 34.3 Å². The third-order valence-corrected chi connectivity index (χ3v) is 2.22. The first-order chi connectivity index (χ1) is 7.63. The van der Waals surface area contributed by atoms with Crippen LogP contribution in [0.15, 0.2) is 18.2 Å². The summed E-state index contributed by atoms with van der Waals surface area (Å²) in [5.74, 6) is 4.67. The number of rotatable bonds is 3. The Labute approximate surface area is 98.7 Å². The van der Waals surface area contributed by atoms with Crippen molar-refractivity contribution in [3.63, 3.8) is 0 Å². The van der Waals surface area contributed by atoms with Gasteiger partial charge in [0, 0.05) is 17.0 Å². The van der Waals surface area contributed by atoms with Crippen LogP contribution >= 0.6 is 11.6 Å². The van der Waals surface area contributed by atoms with Crippen molar-refractivity contribution in [1.29, 1.82) is 0 Å². The number of halogens is 1. The lowest BCUT2D eigenvalue weighted by molar-refractivity contribution is -0.136.